The molecule has 2 unspecified atom stereocenters. The molecule has 0 aliphatic carbocycles. The van der Waals surface area contributed by atoms with Crippen molar-refractivity contribution in [2.75, 3.05) is 13.2 Å². The van der Waals surface area contributed by atoms with Crippen LogP contribution >= 0.6 is 0 Å². The summed E-state index contributed by atoms with van der Waals surface area (Å²) in [7, 11) is 0. The molecule has 1 N–H and O–H groups in total. The summed E-state index contributed by atoms with van der Waals surface area (Å²) in [6.45, 7) is 9.61. The van der Waals surface area contributed by atoms with Crippen LogP contribution in [0.2, 0.25) is 0 Å². The van der Waals surface area contributed by atoms with Gasteiger partial charge in [-0.25, -0.2) is 0 Å². The molecule has 0 radical (unpaired) electrons. The minimum Gasteiger partial charge on any atom is -0.352 e. The molecule has 0 bridgehead atoms. The van der Waals surface area contributed by atoms with E-state index in [1.54, 1.807) is 0 Å². The van der Waals surface area contributed by atoms with Gasteiger partial charge in [-0.05, 0) is 31.1 Å². The van der Waals surface area contributed by atoms with Gasteiger partial charge in [0, 0.05) is 19.1 Å². The Kier molecular flexibility index (Phi) is 10.7. The second-order valence-corrected chi connectivity index (χ2v) is 7.77. The summed E-state index contributed by atoms with van der Waals surface area (Å²) in [6.07, 6.45) is 1.69. The van der Waals surface area contributed by atoms with E-state index >= 15 is 0 Å². The van der Waals surface area contributed by atoms with E-state index in [1.165, 1.54) is 0 Å². The molecule has 0 spiro atoms. The fourth-order valence-corrected chi connectivity index (χ4v) is 3.58. The zero-order valence-corrected chi connectivity index (χ0v) is 17.1. The third-order valence-electron chi connectivity index (χ3n) is 5.78. The average Bonchev–Trinajstić information content (AvgIpc) is 2.61. The van der Waals surface area contributed by atoms with Crippen molar-refractivity contribution in [3.8, 4) is 0 Å². The summed E-state index contributed by atoms with van der Waals surface area (Å²) < 4.78 is 48.1. The molecule has 1 rings (SSSR count). The second-order valence-electron chi connectivity index (χ2n) is 7.77. The number of nitrogens with one attached hydrogen (secondary N) is 1. The van der Waals surface area contributed by atoms with Gasteiger partial charge in [0.15, 0.2) is 6.29 Å². The van der Waals surface area contributed by atoms with E-state index in [4.69, 9.17) is 9.47 Å². The number of carbonyl (C=O) groups excluding carboxylic acids is 1. The van der Waals surface area contributed by atoms with Crippen LogP contribution in [0.3, 0.4) is 0 Å². The van der Waals surface area contributed by atoms with Gasteiger partial charge in [0.25, 0.3) is 0 Å². The Bertz CT molecular complexity index is 429. The van der Waals surface area contributed by atoms with Crippen molar-refractivity contribution >= 4 is 5.91 Å². The van der Waals surface area contributed by atoms with E-state index in [-0.39, 0.29) is 18.9 Å². The first-order valence-electron chi connectivity index (χ1n) is 10.3. The van der Waals surface area contributed by atoms with Crippen LogP contribution < -0.4 is 5.32 Å². The maximum atomic E-state index is 12.0. The number of ether oxygens (including phenoxy) is 2. The predicted molar refractivity (Wildman–Crippen MR) is 99.2 cm³/mol. The van der Waals surface area contributed by atoms with Crippen LogP contribution in [-0.4, -0.2) is 37.6 Å². The lowest BCUT2D eigenvalue weighted by Gasteiger charge is -2.43. The van der Waals surface area contributed by atoms with Gasteiger partial charge in [0.2, 0.25) is 0 Å². The highest BCUT2D eigenvalue weighted by Gasteiger charge is 2.39. The monoisotopic (exact) mass is 395 g/mol. The Morgan fingerprint density at radius 2 is 1.56 bits per heavy atom. The van der Waals surface area contributed by atoms with Gasteiger partial charge in [-0.2, -0.15) is 13.2 Å². The van der Waals surface area contributed by atoms with Crippen molar-refractivity contribution in [1.29, 1.82) is 0 Å². The summed E-state index contributed by atoms with van der Waals surface area (Å²) >= 11 is 0. The van der Waals surface area contributed by atoms with Crippen molar-refractivity contribution in [3.63, 3.8) is 0 Å². The van der Waals surface area contributed by atoms with Crippen molar-refractivity contribution in [1.82, 2.24) is 5.32 Å². The highest BCUT2D eigenvalue weighted by Crippen LogP contribution is 2.36. The highest BCUT2D eigenvalue weighted by atomic mass is 19.4. The van der Waals surface area contributed by atoms with Crippen molar-refractivity contribution in [2.24, 2.45) is 17.8 Å². The Balaban J connectivity index is 2.03. The molecular weight excluding hydrogens is 359 g/mol. The Morgan fingerprint density at radius 3 is 2.15 bits per heavy atom. The number of alkyl halides is 3. The van der Waals surface area contributed by atoms with Gasteiger partial charge in [0.1, 0.15) is 0 Å². The summed E-state index contributed by atoms with van der Waals surface area (Å²) in [4.78, 5) is 10.6. The smallest absolute Gasteiger partial charge is 0.352 e. The van der Waals surface area contributed by atoms with E-state index in [0.29, 0.717) is 30.8 Å². The fraction of sp³-hybridized carbons (Fsp3) is 0.950. The standard InChI is InChI=1S/C20H36F3NO3/c1-5-17-15(3)14(2)16(4)18(27-17)26-13-11-9-7-6-8-10-12-24-19(25)20(21,22)23/h14-18H,5-13H2,1-4H3,(H,24,25)/t14-,15-,16?,17?,18-/m0/s1. The topological polar surface area (TPSA) is 47.6 Å². The van der Waals surface area contributed by atoms with Crippen molar-refractivity contribution in [3.05, 3.63) is 0 Å². The minimum absolute atomic E-state index is 0.0769. The summed E-state index contributed by atoms with van der Waals surface area (Å²) in [6, 6.07) is 0. The van der Waals surface area contributed by atoms with E-state index in [0.717, 1.165) is 38.5 Å². The lowest BCUT2D eigenvalue weighted by molar-refractivity contribution is -0.248. The summed E-state index contributed by atoms with van der Waals surface area (Å²) in [5.41, 5.74) is 0. The zero-order chi connectivity index (χ0) is 20.4. The Morgan fingerprint density at radius 1 is 0.963 bits per heavy atom. The normalized spacial score (nSPS) is 28.9. The molecule has 27 heavy (non-hydrogen) atoms. The quantitative estimate of drug-likeness (QED) is 0.497. The van der Waals surface area contributed by atoms with Gasteiger partial charge in [-0.1, -0.05) is 53.4 Å². The van der Waals surface area contributed by atoms with Crippen LogP contribution in [0.4, 0.5) is 13.2 Å². The molecule has 0 saturated carbocycles. The lowest BCUT2D eigenvalue weighted by Crippen LogP contribution is -2.45. The number of rotatable bonds is 11. The predicted octanol–water partition coefficient (Wildman–Crippen LogP) is 5.07. The number of carbonyl (C=O) groups is 1. The molecule has 1 heterocycles. The molecule has 0 aromatic rings. The van der Waals surface area contributed by atoms with Gasteiger partial charge in [-0.3, -0.25) is 4.79 Å². The largest absolute Gasteiger partial charge is 0.471 e. The molecule has 1 saturated heterocycles. The van der Waals surface area contributed by atoms with Crippen LogP contribution in [0.1, 0.15) is 72.6 Å². The van der Waals surface area contributed by atoms with Crippen LogP contribution in [0.5, 0.6) is 0 Å². The SMILES string of the molecule is CCC1O[C@H](OCCCCCCCCNC(=O)C(F)(F)F)C(C)[C@@H](C)[C@@H]1C. The van der Waals surface area contributed by atoms with Crippen LogP contribution in [0, 0.1) is 17.8 Å². The number of hydrogen-bond donors (Lipinski definition) is 1. The molecule has 1 aliphatic heterocycles. The number of unbranched alkanes of at least 4 members (excludes halogenated alkanes) is 5. The Hall–Kier alpha value is -0.820. The first-order chi connectivity index (χ1) is 12.7. The summed E-state index contributed by atoms with van der Waals surface area (Å²) in [5, 5.41) is 1.89. The maximum absolute atomic E-state index is 12.0. The van der Waals surface area contributed by atoms with E-state index in [1.807, 2.05) is 5.32 Å². The molecule has 1 aliphatic rings. The van der Waals surface area contributed by atoms with Crippen LogP contribution in [0.15, 0.2) is 0 Å². The molecule has 5 atom stereocenters. The lowest BCUT2D eigenvalue weighted by atomic mass is 9.78. The van der Waals surface area contributed by atoms with Gasteiger partial charge < -0.3 is 14.8 Å². The molecule has 0 aromatic carbocycles. The molecule has 160 valence electrons. The van der Waals surface area contributed by atoms with E-state index < -0.39 is 12.1 Å². The number of amides is 1. The molecule has 4 nitrogen and oxygen atoms in total. The maximum Gasteiger partial charge on any atom is 0.471 e. The first-order valence-corrected chi connectivity index (χ1v) is 10.3. The highest BCUT2D eigenvalue weighted by molar-refractivity contribution is 5.81. The third-order valence-corrected chi connectivity index (χ3v) is 5.78. The Labute approximate surface area is 161 Å². The molecule has 0 aromatic heterocycles. The van der Waals surface area contributed by atoms with Crippen molar-refractivity contribution < 1.29 is 27.4 Å². The molecule has 1 amide bonds. The zero-order valence-electron chi connectivity index (χ0n) is 17.1. The molecule has 7 heteroatoms. The number of halogens is 3. The number of hydrogen-bond acceptors (Lipinski definition) is 3. The first kappa shape index (κ1) is 24.2. The van der Waals surface area contributed by atoms with Crippen LogP contribution in [0.25, 0.3) is 0 Å². The van der Waals surface area contributed by atoms with Gasteiger partial charge in [-0.15, -0.1) is 0 Å². The van der Waals surface area contributed by atoms with Gasteiger partial charge >= 0.3 is 12.1 Å². The fourth-order valence-electron chi connectivity index (χ4n) is 3.58. The minimum atomic E-state index is -4.79. The average molecular weight is 396 g/mol. The third kappa shape index (κ3) is 8.38. The summed E-state index contributed by atoms with van der Waals surface area (Å²) in [5.74, 6) is -0.347. The molecular formula is C20H36F3NO3. The van der Waals surface area contributed by atoms with E-state index in [9.17, 15) is 18.0 Å². The van der Waals surface area contributed by atoms with Crippen LogP contribution in [-0.2, 0) is 14.3 Å². The van der Waals surface area contributed by atoms with Gasteiger partial charge in [0.05, 0.1) is 6.10 Å². The second kappa shape index (κ2) is 11.9. The molecule has 1 fully saturated rings. The van der Waals surface area contributed by atoms with Crippen molar-refractivity contribution in [2.45, 2.75) is 91.2 Å². The van der Waals surface area contributed by atoms with E-state index in [2.05, 4.69) is 27.7 Å².